The van der Waals surface area contributed by atoms with Crippen LogP contribution in [0, 0.1) is 0 Å². The molecule has 1 aliphatic heterocycles. The number of hydrogen-bond acceptors (Lipinski definition) is 6. The van der Waals surface area contributed by atoms with E-state index in [-0.39, 0.29) is 5.91 Å². The van der Waals surface area contributed by atoms with E-state index >= 15 is 0 Å². The van der Waals surface area contributed by atoms with Crippen molar-refractivity contribution in [2.75, 3.05) is 30.7 Å². The minimum absolute atomic E-state index is 0.272. The van der Waals surface area contributed by atoms with Crippen LogP contribution in [0.5, 0.6) is 0 Å². The van der Waals surface area contributed by atoms with Crippen LogP contribution in [-0.2, 0) is 4.79 Å². The summed E-state index contributed by atoms with van der Waals surface area (Å²) in [5.74, 6) is 0.875. The van der Waals surface area contributed by atoms with E-state index in [0.29, 0.717) is 18.4 Å². The van der Waals surface area contributed by atoms with Gasteiger partial charge >= 0.3 is 0 Å². The largest absolute Gasteiger partial charge is 0.382 e. The number of carbonyl (C=O) groups is 1. The lowest BCUT2D eigenvalue weighted by Gasteiger charge is -2.31. The summed E-state index contributed by atoms with van der Waals surface area (Å²) in [6.45, 7) is 2.07. The predicted octanol–water partition coefficient (Wildman–Crippen LogP) is -0.580. The minimum Gasteiger partial charge on any atom is -0.382 e. The van der Waals surface area contributed by atoms with Gasteiger partial charge in [0.1, 0.15) is 11.6 Å². The maximum atomic E-state index is 10.8. The predicted molar refractivity (Wildman–Crippen MR) is 68.7 cm³/mol. The highest BCUT2D eigenvalue weighted by molar-refractivity contribution is 5.75. The van der Waals surface area contributed by atoms with E-state index in [1.54, 1.807) is 6.20 Å². The fraction of sp³-hybridized carbons (Fsp3) is 0.545. The molecule has 0 unspecified atom stereocenters. The average molecular weight is 250 g/mol. The topological polar surface area (TPSA) is 110 Å². The van der Waals surface area contributed by atoms with E-state index < -0.39 is 0 Å². The second-order valence-corrected chi connectivity index (χ2v) is 4.49. The number of aromatic nitrogens is 2. The number of likely N-dealkylation sites (tertiary alicyclic amines) is 1. The molecular weight excluding hydrogens is 232 g/mol. The summed E-state index contributed by atoms with van der Waals surface area (Å²) >= 11 is 0. The van der Waals surface area contributed by atoms with Crippen LogP contribution in [0.4, 0.5) is 11.6 Å². The van der Waals surface area contributed by atoms with Gasteiger partial charge in [-0.15, -0.1) is 0 Å². The fourth-order valence-electron chi connectivity index (χ4n) is 2.08. The zero-order chi connectivity index (χ0) is 13.0. The molecule has 1 saturated heterocycles. The Bertz CT molecular complexity index is 398. The van der Waals surface area contributed by atoms with Gasteiger partial charge in [0.15, 0.2) is 0 Å². The third-order valence-electron chi connectivity index (χ3n) is 2.99. The maximum absolute atomic E-state index is 10.8. The molecule has 0 saturated carbocycles. The van der Waals surface area contributed by atoms with Crippen molar-refractivity contribution >= 4 is 17.5 Å². The van der Waals surface area contributed by atoms with Crippen LogP contribution in [0.3, 0.4) is 0 Å². The molecule has 0 atom stereocenters. The Hall–Kier alpha value is -1.89. The lowest BCUT2D eigenvalue weighted by atomic mass is 10.1. The van der Waals surface area contributed by atoms with E-state index in [1.807, 2.05) is 0 Å². The number of hydrogen-bond donors (Lipinski definition) is 3. The number of primary amides is 1. The molecule has 0 bridgehead atoms. The molecule has 18 heavy (non-hydrogen) atoms. The Morgan fingerprint density at radius 3 is 2.67 bits per heavy atom. The molecule has 1 aliphatic rings. The first-order valence-corrected chi connectivity index (χ1v) is 5.98. The third kappa shape index (κ3) is 3.56. The Morgan fingerprint density at radius 2 is 2.11 bits per heavy atom. The van der Waals surface area contributed by atoms with Gasteiger partial charge in [-0.2, -0.15) is 0 Å². The van der Waals surface area contributed by atoms with Crippen molar-refractivity contribution < 1.29 is 4.79 Å². The number of rotatable bonds is 4. The van der Waals surface area contributed by atoms with Crippen molar-refractivity contribution in [3.05, 3.63) is 12.4 Å². The van der Waals surface area contributed by atoms with Gasteiger partial charge in [-0.3, -0.25) is 9.69 Å². The zero-order valence-electron chi connectivity index (χ0n) is 10.2. The summed E-state index contributed by atoms with van der Waals surface area (Å²) in [4.78, 5) is 21.0. The van der Waals surface area contributed by atoms with Gasteiger partial charge in [0.25, 0.3) is 0 Å². The van der Waals surface area contributed by atoms with Gasteiger partial charge in [0.05, 0.1) is 18.9 Å². The SMILES string of the molecule is NC(=O)CN1CCC(Nc2cnc(N)cn2)CC1. The number of nitrogen functional groups attached to an aromatic ring is 1. The number of piperidine rings is 1. The van der Waals surface area contributed by atoms with E-state index in [2.05, 4.69) is 20.2 Å². The van der Waals surface area contributed by atoms with Gasteiger partial charge in [-0.05, 0) is 12.8 Å². The minimum atomic E-state index is -0.272. The van der Waals surface area contributed by atoms with Crippen LogP contribution in [-0.4, -0.2) is 46.5 Å². The van der Waals surface area contributed by atoms with Gasteiger partial charge < -0.3 is 16.8 Å². The van der Waals surface area contributed by atoms with Crippen molar-refractivity contribution in [2.45, 2.75) is 18.9 Å². The molecule has 98 valence electrons. The number of amides is 1. The summed E-state index contributed by atoms with van der Waals surface area (Å²) in [6, 6.07) is 0.354. The molecule has 0 aliphatic carbocycles. The van der Waals surface area contributed by atoms with Crippen LogP contribution >= 0.6 is 0 Å². The van der Waals surface area contributed by atoms with Gasteiger partial charge in [-0.25, -0.2) is 9.97 Å². The third-order valence-corrected chi connectivity index (χ3v) is 2.99. The second-order valence-electron chi connectivity index (χ2n) is 4.49. The van der Waals surface area contributed by atoms with Gasteiger partial charge in [0, 0.05) is 19.1 Å². The van der Waals surface area contributed by atoms with E-state index in [1.165, 1.54) is 6.20 Å². The van der Waals surface area contributed by atoms with Crippen molar-refractivity contribution in [3.8, 4) is 0 Å². The molecular formula is C11H18N6O. The quantitative estimate of drug-likeness (QED) is 0.659. The highest BCUT2D eigenvalue weighted by Crippen LogP contribution is 2.14. The van der Waals surface area contributed by atoms with Crippen LogP contribution in [0.15, 0.2) is 12.4 Å². The molecule has 2 heterocycles. The summed E-state index contributed by atoms with van der Waals surface area (Å²) in [5.41, 5.74) is 10.6. The summed E-state index contributed by atoms with van der Waals surface area (Å²) in [6.07, 6.45) is 5.08. The summed E-state index contributed by atoms with van der Waals surface area (Å²) in [7, 11) is 0. The Balaban J connectivity index is 1.79. The highest BCUT2D eigenvalue weighted by atomic mass is 16.1. The summed E-state index contributed by atoms with van der Waals surface area (Å²) in [5, 5.41) is 3.31. The van der Waals surface area contributed by atoms with E-state index in [4.69, 9.17) is 11.5 Å². The molecule has 1 aromatic rings. The van der Waals surface area contributed by atoms with Crippen molar-refractivity contribution in [1.29, 1.82) is 0 Å². The number of nitrogens with one attached hydrogen (secondary N) is 1. The monoisotopic (exact) mass is 250 g/mol. The molecule has 5 N–H and O–H groups in total. The number of nitrogens with two attached hydrogens (primary N) is 2. The smallest absolute Gasteiger partial charge is 0.231 e. The number of nitrogens with zero attached hydrogens (tertiary/aromatic N) is 3. The second kappa shape index (κ2) is 5.63. The molecule has 7 heteroatoms. The van der Waals surface area contributed by atoms with E-state index in [0.717, 1.165) is 31.7 Å². The van der Waals surface area contributed by atoms with Crippen LogP contribution < -0.4 is 16.8 Å². The lowest BCUT2D eigenvalue weighted by molar-refractivity contribution is -0.119. The van der Waals surface area contributed by atoms with Gasteiger partial charge in [-0.1, -0.05) is 0 Å². The van der Waals surface area contributed by atoms with Crippen molar-refractivity contribution in [2.24, 2.45) is 5.73 Å². The molecule has 0 radical (unpaired) electrons. The average Bonchev–Trinajstić information content (AvgIpc) is 2.34. The van der Waals surface area contributed by atoms with Crippen molar-refractivity contribution in [1.82, 2.24) is 14.9 Å². The highest BCUT2D eigenvalue weighted by Gasteiger charge is 2.20. The first-order chi connectivity index (χ1) is 8.63. The number of anilines is 2. The molecule has 1 amide bonds. The van der Waals surface area contributed by atoms with Crippen LogP contribution in [0.1, 0.15) is 12.8 Å². The lowest BCUT2D eigenvalue weighted by Crippen LogP contribution is -2.43. The molecule has 7 nitrogen and oxygen atoms in total. The van der Waals surface area contributed by atoms with E-state index in [9.17, 15) is 4.79 Å². The number of carbonyl (C=O) groups excluding carboxylic acids is 1. The zero-order valence-corrected chi connectivity index (χ0v) is 10.2. The molecule has 0 spiro atoms. The maximum Gasteiger partial charge on any atom is 0.231 e. The Labute approximate surface area is 106 Å². The standard InChI is InChI=1S/C11H18N6O/c12-9-5-15-11(6-14-9)16-8-1-3-17(4-2-8)7-10(13)18/h5-6,8H,1-4,7H2,(H2,12,14)(H2,13,18)(H,15,16). The van der Waals surface area contributed by atoms with Crippen molar-refractivity contribution in [3.63, 3.8) is 0 Å². The summed E-state index contributed by atoms with van der Waals surface area (Å²) < 4.78 is 0. The fourth-order valence-corrected chi connectivity index (χ4v) is 2.08. The Morgan fingerprint density at radius 1 is 1.39 bits per heavy atom. The normalized spacial score (nSPS) is 17.6. The molecule has 1 aromatic heterocycles. The molecule has 0 aromatic carbocycles. The first-order valence-electron chi connectivity index (χ1n) is 5.98. The van der Waals surface area contributed by atoms with Gasteiger partial charge in [0.2, 0.25) is 5.91 Å². The van der Waals surface area contributed by atoms with Crippen LogP contribution in [0.25, 0.3) is 0 Å². The van der Waals surface area contributed by atoms with Crippen LogP contribution in [0.2, 0.25) is 0 Å². The molecule has 1 fully saturated rings. The molecule has 2 rings (SSSR count). The Kier molecular flexibility index (Phi) is 3.93. The first kappa shape index (κ1) is 12.6.